The van der Waals surface area contributed by atoms with Gasteiger partial charge in [0.25, 0.3) is 0 Å². The number of nitrogens with two attached hydrogens (primary N) is 1. The van der Waals surface area contributed by atoms with Gasteiger partial charge in [0.1, 0.15) is 11.9 Å². The number of nitrogens with zero attached hydrogens (tertiary/aromatic N) is 2. The van der Waals surface area contributed by atoms with Gasteiger partial charge in [0, 0.05) is 7.05 Å². The van der Waals surface area contributed by atoms with Crippen LogP contribution in [0.5, 0.6) is 0 Å². The molecule has 0 heterocycles. The van der Waals surface area contributed by atoms with Crippen LogP contribution in [0.25, 0.3) is 5.70 Å². The zero-order chi connectivity index (χ0) is 13.7. The molecule has 0 fully saturated rings. The van der Waals surface area contributed by atoms with Crippen molar-refractivity contribution in [3.63, 3.8) is 0 Å². The summed E-state index contributed by atoms with van der Waals surface area (Å²) in [5, 5.41) is 9.22. The average Bonchev–Trinajstić information content (AvgIpc) is 2.35. The third kappa shape index (κ3) is 2.95. The molecule has 0 radical (unpaired) electrons. The van der Waals surface area contributed by atoms with Crippen LogP contribution in [0.15, 0.2) is 34.8 Å². The van der Waals surface area contributed by atoms with Gasteiger partial charge in [0.05, 0.1) is 17.0 Å². The fraction of sp³-hybridized carbons (Fsp3) is 0.286. The molecule has 0 aliphatic rings. The van der Waals surface area contributed by atoms with Crippen molar-refractivity contribution < 1.29 is 4.39 Å². The second kappa shape index (κ2) is 5.97. The molecule has 0 aliphatic heterocycles. The van der Waals surface area contributed by atoms with Gasteiger partial charge in [0.2, 0.25) is 0 Å². The normalized spacial score (nSPS) is 13.2. The Hall–Kier alpha value is -2.15. The Balaban J connectivity index is 3.32. The first-order valence-corrected chi connectivity index (χ1v) is 5.64. The van der Waals surface area contributed by atoms with Crippen LogP contribution in [0.1, 0.15) is 19.4 Å². The molecule has 3 nitrogen and oxygen atoms in total. The fourth-order valence-electron chi connectivity index (χ4n) is 1.69. The lowest BCUT2D eigenvalue weighted by Gasteiger charge is -2.11. The van der Waals surface area contributed by atoms with E-state index in [0.29, 0.717) is 22.5 Å². The van der Waals surface area contributed by atoms with E-state index in [1.165, 1.54) is 12.1 Å². The average molecular weight is 245 g/mol. The molecule has 2 N–H and O–H groups in total. The smallest absolute Gasteiger partial charge is 0.123 e. The predicted molar refractivity (Wildman–Crippen MR) is 71.3 cm³/mol. The zero-order valence-corrected chi connectivity index (χ0v) is 10.7. The summed E-state index contributed by atoms with van der Waals surface area (Å²) < 4.78 is 12.8. The summed E-state index contributed by atoms with van der Waals surface area (Å²) in [5.41, 5.74) is 7.91. The second-order valence-electron chi connectivity index (χ2n) is 4.17. The summed E-state index contributed by atoms with van der Waals surface area (Å²) in [6.45, 7) is 3.88. The Labute approximate surface area is 106 Å². The molecule has 4 heteroatoms. The molecule has 1 aromatic rings. The van der Waals surface area contributed by atoms with Gasteiger partial charge in [-0.1, -0.05) is 13.8 Å². The van der Waals surface area contributed by atoms with E-state index in [1.807, 2.05) is 13.8 Å². The highest BCUT2D eigenvalue weighted by Gasteiger charge is 2.15. The van der Waals surface area contributed by atoms with Gasteiger partial charge < -0.3 is 5.73 Å². The van der Waals surface area contributed by atoms with Crippen LogP contribution < -0.4 is 5.73 Å². The highest BCUT2D eigenvalue weighted by atomic mass is 19.1. The van der Waals surface area contributed by atoms with E-state index < -0.39 is 0 Å². The summed E-state index contributed by atoms with van der Waals surface area (Å²) in [6.07, 6.45) is 0. The van der Waals surface area contributed by atoms with E-state index in [1.54, 1.807) is 19.2 Å². The van der Waals surface area contributed by atoms with Crippen molar-refractivity contribution in [1.82, 2.24) is 0 Å². The van der Waals surface area contributed by atoms with Crippen LogP contribution in [0.2, 0.25) is 0 Å². The Morgan fingerprint density at radius 2 is 1.89 bits per heavy atom. The number of rotatable bonds is 3. The third-order valence-electron chi connectivity index (χ3n) is 2.58. The molecule has 1 aromatic carbocycles. The van der Waals surface area contributed by atoms with Crippen molar-refractivity contribution in [1.29, 1.82) is 5.26 Å². The SMILES string of the molecule is CN=C(C(C#N)=C(N)c1ccc(F)cc1)C(C)C. The van der Waals surface area contributed by atoms with Crippen LogP contribution in [0, 0.1) is 23.1 Å². The molecule has 18 heavy (non-hydrogen) atoms. The highest BCUT2D eigenvalue weighted by Crippen LogP contribution is 2.18. The van der Waals surface area contributed by atoms with E-state index in [9.17, 15) is 9.65 Å². The number of benzene rings is 1. The fourth-order valence-corrected chi connectivity index (χ4v) is 1.69. The lowest BCUT2D eigenvalue weighted by molar-refractivity contribution is 0.627. The minimum atomic E-state index is -0.335. The van der Waals surface area contributed by atoms with Gasteiger partial charge in [-0.2, -0.15) is 5.26 Å². The molecular weight excluding hydrogens is 229 g/mol. The van der Waals surface area contributed by atoms with Gasteiger partial charge in [-0.3, -0.25) is 4.99 Å². The molecule has 0 aliphatic carbocycles. The van der Waals surface area contributed by atoms with E-state index >= 15 is 0 Å². The number of aliphatic imine (C=N–C) groups is 1. The van der Waals surface area contributed by atoms with Crippen LogP contribution in [-0.2, 0) is 0 Å². The van der Waals surface area contributed by atoms with Crippen molar-refractivity contribution in [3.8, 4) is 6.07 Å². The minimum Gasteiger partial charge on any atom is -0.397 e. The molecule has 0 saturated heterocycles. The first-order chi connectivity index (χ1) is 8.51. The maximum absolute atomic E-state index is 12.8. The van der Waals surface area contributed by atoms with Crippen LogP contribution in [-0.4, -0.2) is 12.8 Å². The summed E-state index contributed by atoms with van der Waals surface area (Å²) in [6, 6.07) is 7.81. The van der Waals surface area contributed by atoms with Crippen molar-refractivity contribution in [3.05, 3.63) is 41.2 Å². The van der Waals surface area contributed by atoms with Gasteiger partial charge in [0.15, 0.2) is 0 Å². The highest BCUT2D eigenvalue weighted by molar-refractivity contribution is 6.10. The quantitative estimate of drug-likeness (QED) is 0.657. The maximum atomic E-state index is 12.8. The molecule has 0 spiro atoms. The second-order valence-corrected chi connectivity index (χ2v) is 4.17. The molecular formula is C14H16FN3. The van der Waals surface area contributed by atoms with Crippen LogP contribution >= 0.6 is 0 Å². The van der Waals surface area contributed by atoms with E-state index in [4.69, 9.17) is 5.73 Å². The lowest BCUT2D eigenvalue weighted by atomic mass is 9.96. The monoisotopic (exact) mass is 245 g/mol. The Morgan fingerprint density at radius 3 is 2.28 bits per heavy atom. The van der Waals surface area contributed by atoms with E-state index in [-0.39, 0.29) is 11.7 Å². The number of allylic oxidation sites excluding steroid dienone is 1. The van der Waals surface area contributed by atoms with Crippen molar-refractivity contribution >= 4 is 11.4 Å². The predicted octanol–water partition coefficient (Wildman–Crippen LogP) is 2.75. The van der Waals surface area contributed by atoms with E-state index in [2.05, 4.69) is 11.1 Å². The standard InChI is InChI=1S/C14H16FN3/c1-9(2)14(18-3)12(8-16)13(17)10-4-6-11(15)7-5-10/h4-7,9H,17H2,1-3H3. The van der Waals surface area contributed by atoms with Crippen molar-refractivity contribution in [2.75, 3.05) is 7.05 Å². The Kier molecular flexibility index (Phi) is 4.61. The molecule has 0 saturated carbocycles. The van der Waals surface area contributed by atoms with Gasteiger partial charge >= 0.3 is 0 Å². The molecule has 0 unspecified atom stereocenters. The topological polar surface area (TPSA) is 62.2 Å². The van der Waals surface area contributed by atoms with Crippen LogP contribution in [0.3, 0.4) is 0 Å². The number of hydrogen-bond donors (Lipinski definition) is 1. The first-order valence-electron chi connectivity index (χ1n) is 5.64. The molecule has 0 atom stereocenters. The minimum absolute atomic E-state index is 0.101. The van der Waals surface area contributed by atoms with Crippen molar-refractivity contribution in [2.45, 2.75) is 13.8 Å². The molecule has 1 rings (SSSR count). The third-order valence-corrected chi connectivity index (χ3v) is 2.58. The summed E-state index contributed by atoms with van der Waals surface area (Å²) in [7, 11) is 1.63. The Morgan fingerprint density at radius 1 is 1.33 bits per heavy atom. The first kappa shape index (κ1) is 13.9. The molecule has 0 amide bonds. The van der Waals surface area contributed by atoms with Gasteiger partial charge in [-0.25, -0.2) is 4.39 Å². The van der Waals surface area contributed by atoms with Crippen LogP contribution in [0.4, 0.5) is 4.39 Å². The Bertz CT molecular complexity index is 519. The summed E-state index contributed by atoms with van der Waals surface area (Å²) >= 11 is 0. The number of nitriles is 1. The van der Waals surface area contributed by atoms with Crippen molar-refractivity contribution in [2.24, 2.45) is 16.6 Å². The molecule has 94 valence electrons. The zero-order valence-electron chi connectivity index (χ0n) is 10.7. The van der Waals surface area contributed by atoms with Gasteiger partial charge in [-0.15, -0.1) is 0 Å². The summed E-state index contributed by atoms with van der Waals surface area (Å²) in [4.78, 5) is 4.11. The molecule has 0 aromatic heterocycles. The number of hydrogen-bond acceptors (Lipinski definition) is 3. The lowest BCUT2D eigenvalue weighted by Crippen LogP contribution is -2.15. The van der Waals surface area contributed by atoms with E-state index in [0.717, 1.165) is 0 Å². The number of halogens is 1. The summed E-state index contributed by atoms with van der Waals surface area (Å²) in [5.74, 6) is -0.234. The largest absolute Gasteiger partial charge is 0.397 e. The molecule has 0 bridgehead atoms. The maximum Gasteiger partial charge on any atom is 0.123 e. The van der Waals surface area contributed by atoms with Gasteiger partial charge in [-0.05, 0) is 35.7 Å².